The minimum Gasteiger partial charge on any atom is -0.497 e. The number of methoxy groups -OCH3 is 1. The van der Waals surface area contributed by atoms with Crippen molar-refractivity contribution in [1.29, 1.82) is 0 Å². The molecule has 0 saturated carbocycles. The van der Waals surface area contributed by atoms with E-state index < -0.39 is 11.9 Å². The third-order valence-corrected chi connectivity index (χ3v) is 5.29. The van der Waals surface area contributed by atoms with E-state index in [0.717, 1.165) is 26.9 Å². The summed E-state index contributed by atoms with van der Waals surface area (Å²) in [6, 6.07) is 15.3. The van der Waals surface area contributed by atoms with Crippen LogP contribution in [0.4, 0.5) is 0 Å². The second kappa shape index (κ2) is 8.53. The molecule has 2 aromatic carbocycles. The van der Waals surface area contributed by atoms with Crippen molar-refractivity contribution in [2.24, 2.45) is 5.92 Å². The van der Waals surface area contributed by atoms with E-state index in [2.05, 4.69) is 15.9 Å². The fraction of sp³-hybridized carbons (Fsp3) is 0.273. The number of benzene rings is 2. The highest BCUT2D eigenvalue weighted by Gasteiger charge is 2.39. The minimum absolute atomic E-state index is 0.210. The fourth-order valence-corrected chi connectivity index (χ4v) is 3.68. The summed E-state index contributed by atoms with van der Waals surface area (Å²) < 4.78 is 11.4. The van der Waals surface area contributed by atoms with E-state index in [4.69, 9.17) is 9.47 Å². The van der Waals surface area contributed by atoms with Crippen LogP contribution in [0.1, 0.15) is 30.4 Å². The number of rotatable bonds is 5. The van der Waals surface area contributed by atoms with Gasteiger partial charge in [0.15, 0.2) is 5.78 Å². The van der Waals surface area contributed by atoms with Crippen molar-refractivity contribution in [2.45, 2.75) is 19.3 Å². The van der Waals surface area contributed by atoms with Gasteiger partial charge in [0.25, 0.3) is 0 Å². The molecule has 0 spiro atoms. The Hall–Kier alpha value is -2.40. The Kier molecular flexibility index (Phi) is 6.11. The van der Waals surface area contributed by atoms with Crippen LogP contribution in [0.5, 0.6) is 5.75 Å². The number of esters is 1. The first-order valence-electron chi connectivity index (χ1n) is 8.84. The van der Waals surface area contributed by atoms with Gasteiger partial charge < -0.3 is 9.47 Å². The number of ether oxygens (including phenoxy) is 2. The van der Waals surface area contributed by atoms with E-state index >= 15 is 0 Å². The second-order valence-electron chi connectivity index (χ2n) is 6.39. The number of carbonyl (C=O) groups excluding carboxylic acids is 2. The average Bonchev–Trinajstić information content (AvgIpc) is 2.68. The number of hydrogen-bond acceptors (Lipinski definition) is 4. The van der Waals surface area contributed by atoms with Crippen LogP contribution in [0.3, 0.4) is 0 Å². The Labute approximate surface area is 167 Å². The summed E-state index contributed by atoms with van der Waals surface area (Å²) in [5.41, 5.74) is 2.83. The van der Waals surface area contributed by atoms with Crippen LogP contribution in [0.15, 0.2) is 59.1 Å². The largest absolute Gasteiger partial charge is 0.497 e. The van der Waals surface area contributed by atoms with E-state index in [-0.39, 0.29) is 18.3 Å². The van der Waals surface area contributed by atoms with Crippen LogP contribution in [0.2, 0.25) is 0 Å². The lowest BCUT2D eigenvalue weighted by atomic mass is 9.73. The molecule has 3 rings (SSSR count). The van der Waals surface area contributed by atoms with Gasteiger partial charge in [0, 0.05) is 10.4 Å². The summed E-state index contributed by atoms with van der Waals surface area (Å²) in [5.74, 6) is -1.03. The minimum atomic E-state index is -0.822. The summed E-state index contributed by atoms with van der Waals surface area (Å²) in [4.78, 5) is 25.4. The van der Waals surface area contributed by atoms with E-state index in [1.54, 1.807) is 20.1 Å². The first-order chi connectivity index (χ1) is 13.0. The van der Waals surface area contributed by atoms with Crippen LogP contribution in [-0.4, -0.2) is 25.5 Å². The third kappa shape index (κ3) is 4.30. The standard InChI is InChI=1S/C22H21BrO4/c1-3-27-22(25)21-19(15-6-10-18(26-2)11-7-15)12-16(13-20(21)24)14-4-8-17(23)9-5-14/h4-11,13,19,21H,3,12H2,1-2H3. The molecule has 0 fully saturated rings. The van der Waals surface area contributed by atoms with Gasteiger partial charge in [-0.1, -0.05) is 40.2 Å². The van der Waals surface area contributed by atoms with E-state index in [9.17, 15) is 9.59 Å². The second-order valence-corrected chi connectivity index (χ2v) is 7.31. The number of carbonyl (C=O) groups is 2. The molecular weight excluding hydrogens is 408 g/mol. The number of ketones is 1. The molecule has 2 atom stereocenters. The highest BCUT2D eigenvalue weighted by molar-refractivity contribution is 9.10. The summed E-state index contributed by atoms with van der Waals surface area (Å²) in [5, 5.41) is 0. The van der Waals surface area contributed by atoms with Crippen LogP contribution in [0, 0.1) is 5.92 Å². The van der Waals surface area contributed by atoms with Crippen LogP contribution < -0.4 is 4.74 Å². The van der Waals surface area contributed by atoms with Gasteiger partial charge in [-0.05, 0) is 60.4 Å². The SMILES string of the molecule is CCOC(=O)C1C(=O)C=C(c2ccc(Br)cc2)CC1c1ccc(OC)cc1. The Balaban J connectivity index is 1.99. The first-order valence-corrected chi connectivity index (χ1v) is 9.63. The van der Waals surface area contributed by atoms with Crippen molar-refractivity contribution in [2.75, 3.05) is 13.7 Å². The zero-order chi connectivity index (χ0) is 19.4. The van der Waals surface area contributed by atoms with Gasteiger partial charge in [0.05, 0.1) is 13.7 Å². The lowest BCUT2D eigenvalue weighted by Gasteiger charge is -2.29. The van der Waals surface area contributed by atoms with Gasteiger partial charge in [0.2, 0.25) is 0 Å². The maximum absolute atomic E-state index is 12.9. The molecule has 0 radical (unpaired) electrons. The number of allylic oxidation sites excluding steroid dienone is 2. The van der Waals surface area contributed by atoms with E-state index in [1.165, 1.54) is 0 Å². The zero-order valence-corrected chi connectivity index (χ0v) is 16.9. The quantitative estimate of drug-likeness (QED) is 0.507. The molecule has 4 nitrogen and oxygen atoms in total. The van der Waals surface area contributed by atoms with Gasteiger partial charge in [-0.3, -0.25) is 9.59 Å². The first kappa shape index (κ1) is 19.4. The van der Waals surface area contributed by atoms with E-state index in [0.29, 0.717) is 6.42 Å². The highest BCUT2D eigenvalue weighted by atomic mass is 79.9. The lowest BCUT2D eigenvalue weighted by Crippen LogP contribution is -2.34. The molecule has 2 aromatic rings. The van der Waals surface area contributed by atoms with Gasteiger partial charge in [-0.15, -0.1) is 0 Å². The number of halogens is 1. The predicted molar refractivity (Wildman–Crippen MR) is 108 cm³/mol. The third-order valence-electron chi connectivity index (χ3n) is 4.76. The van der Waals surface area contributed by atoms with Gasteiger partial charge >= 0.3 is 5.97 Å². The maximum Gasteiger partial charge on any atom is 0.317 e. The zero-order valence-electron chi connectivity index (χ0n) is 15.3. The topological polar surface area (TPSA) is 52.6 Å². The Bertz CT molecular complexity index is 853. The highest BCUT2D eigenvalue weighted by Crippen LogP contribution is 2.40. The summed E-state index contributed by atoms with van der Waals surface area (Å²) in [6.07, 6.45) is 2.17. The molecule has 0 amide bonds. The molecule has 0 bridgehead atoms. The number of hydrogen-bond donors (Lipinski definition) is 0. The van der Waals surface area contributed by atoms with Gasteiger partial charge in [-0.25, -0.2) is 0 Å². The van der Waals surface area contributed by atoms with Crippen molar-refractivity contribution >= 4 is 33.3 Å². The Morgan fingerprint density at radius 1 is 1.11 bits per heavy atom. The molecular formula is C22H21BrO4. The molecule has 0 heterocycles. The molecule has 1 aliphatic carbocycles. The average molecular weight is 429 g/mol. The smallest absolute Gasteiger partial charge is 0.317 e. The summed E-state index contributed by atoms with van der Waals surface area (Å²) in [7, 11) is 1.61. The summed E-state index contributed by atoms with van der Waals surface area (Å²) in [6.45, 7) is 2.00. The molecule has 27 heavy (non-hydrogen) atoms. The van der Waals surface area contributed by atoms with Crippen molar-refractivity contribution in [3.05, 3.63) is 70.2 Å². The Morgan fingerprint density at radius 2 is 1.78 bits per heavy atom. The van der Waals surface area contributed by atoms with Crippen LogP contribution in [-0.2, 0) is 14.3 Å². The van der Waals surface area contributed by atoms with Gasteiger partial charge in [-0.2, -0.15) is 0 Å². The van der Waals surface area contributed by atoms with Crippen LogP contribution in [0.25, 0.3) is 5.57 Å². The fourth-order valence-electron chi connectivity index (χ4n) is 3.41. The monoisotopic (exact) mass is 428 g/mol. The molecule has 0 saturated heterocycles. The predicted octanol–water partition coefficient (Wildman–Crippen LogP) is 4.78. The maximum atomic E-state index is 12.9. The van der Waals surface area contributed by atoms with E-state index in [1.807, 2.05) is 48.5 Å². The van der Waals surface area contributed by atoms with Crippen molar-refractivity contribution < 1.29 is 19.1 Å². The lowest BCUT2D eigenvalue weighted by molar-refractivity contribution is -0.151. The van der Waals surface area contributed by atoms with Crippen molar-refractivity contribution in [1.82, 2.24) is 0 Å². The Morgan fingerprint density at radius 3 is 2.37 bits per heavy atom. The molecule has 140 valence electrons. The molecule has 5 heteroatoms. The van der Waals surface area contributed by atoms with Crippen molar-refractivity contribution in [3.8, 4) is 5.75 Å². The molecule has 0 aromatic heterocycles. The van der Waals surface area contributed by atoms with Gasteiger partial charge in [0.1, 0.15) is 11.7 Å². The summed E-state index contributed by atoms with van der Waals surface area (Å²) >= 11 is 3.43. The normalized spacial score (nSPS) is 19.4. The molecule has 0 aliphatic heterocycles. The molecule has 0 N–H and O–H groups in total. The molecule has 2 unspecified atom stereocenters. The van der Waals surface area contributed by atoms with Crippen molar-refractivity contribution in [3.63, 3.8) is 0 Å². The van der Waals surface area contributed by atoms with Crippen LogP contribution >= 0.6 is 15.9 Å². The molecule has 1 aliphatic rings.